The van der Waals surface area contributed by atoms with Crippen molar-refractivity contribution >= 4 is 64.6 Å². The number of aromatic nitrogens is 5. The van der Waals surface area contributed by atoms with Crippen molar-refractivity contribution in [1.82, 2.24) is 24.9 Å². The van der Waals surface area contributed by atoms with Gasteiger partial charge in [0.2, 0.25) is 0 Å². The Hall–Kier alpha value is -8.41. The third-order valence-electron chi connectivity index (χ3n) is 12.6. The Balaban J connectivity index is 0.906. The molecule has 5 heteroatoms. The van der Waals surface area contributed by atoms with Crippen molar-refractivity contribution in [3.05, 3.63) is 201 Å². The van der Waals surface area contributed by atoms with Gasteiger partial charge in [-0.25, -0.2) is 15.0 Å². The number of benzene rings is 10. The number of hydrogen-bond donors (Lipinski definition) is 0. The topological polar surface area (TPSA) is 64.5 Å². The Bertz CT molecular complexity index is 3580. The van der Waals surface area contributed by atoms with E-state index >= 15 is 0 Å². The van der Waals surface area contributed by atoms with E-state index in [9.17, 15) is 0 Å². The molecule has 3 aromatic heterocycles. The lowest BCUT2D eigenvalue weighted by molar-refractivity contribution is 1.06. The van der Waals surface area contributed by atoms with Crippen LogP contribution in [0, 0.1) is 0 Å². The summed E-state index contributed by atoms with van der Waals surface area (Å²) >= 11 is 0. The van der Waals surface area contributed by atoms with Crippen LogP contribution in [-0.4, -0.2) is 24.9 Å². The van der Waals surface area contributed by atoms with Gasteiger partial charge in [-0.15, -0.1) is 0 Å². The SMILES string of the molecule is c1cncc(-c2ccc(-c3nc(-c4ccc(-c5ccc6ccc7cccc8ccc5c6c78)cc4)nc(-c4ccc(-c5ccc6ccc7cccc8ccc5c6c78)cc4)n3)nc2)c1. The Morgan fingerprint density at radius 2 is 0.694 bits per heavy atom. The van der Waals surface area contributed by atoms with E-state index in [1.54, 1.807) is 6.20 Å². The smallest absolute Gasteiger partial charge is 0.182 e. The fraction of sp³-hybridized carbons (Fsp3) is 0. The maximum atomic E-state index is 5.12. The second-order valence-corrected chi connectivity index (χ2v) is 16.1. The van der Waals surface area contributed by atoms with Crippen molar-refractivity contribution in [3.8, 4) is 67.7 Å². The standard InChI is InChI=1S/C57H33N5/c1-4-36-13-15-40-21-26-46(48-28-23-38(6-1)51(36)53(40)48)34-9-17-42(18-10-34)55-60-56(62-57(61-55)50-30-25-45(33-59-50)44-8-3-31-58-32-44)43-19-11-35(12-20-43)47-27-22-41-16-14-37-5-2-7-39-24-29-49(47)54(41)52(37)39/h1-33H. The molecule has 5 nitrogen and oxygen atoms in total. The third kappa shape index (κ3) is 5.45. The first-order valence-corrected chi connectivity index (χ1v) is 20.9. The fourth-order valence-corrected chi connectivity index (χ4v) is 9.55. The van der Waals surface area contributed by atoms with Crippen LogP contribution in [0.1, 0.15) is 0 Å². The van der Waals surface area contributed by atoms with Crippen LogP contribution in [0.5, 0.6) is 0 Å². The summed E-state index contributed by atoms with van der Waals surface area (Å²) in [7, 11) is 0. The maximum Gasteiger partial charge on any atom is 0.182 e. The Morgan fingerprint density at radius 3 is 1.16 bits per heavy atom. The van der Waals surface area contributed by atoms with Crippen LogP contribution in [0.2, 0.25) is 0 Å². The molecule has 0 fully saturated rings. The lowest BCUT2D eigenvalue weighted by atomic mass is 9.89. The van der Waals surface area contributed by atoms with Crippen LogP contribution in [-0.2, 0) is 0 Å². The molecule has 0 saturated heterocycles. The zero-order valence-electron chi connectivity index (χ0n) is 33.3. The minimum Gasteiger partial charge on any atom is -0.264 e. The largest absolute Gasteiger partial charge is 0.264 e. The second-order valence-electron chi connectivity index (χ2n) is 16.1. The molecule has 13 aromatic rings. The lowest BCUT2D eigenvalue weighted by Crippen LogP contribution is -2.01. The lowest BCUT2D eigenvalue weighted by Gasteiger charge is -2.15. The van der Waals surface area contributed by atoms with Gasteiger partial charge in [-0.2, -0.15) is 0 Å². The summed E-state index contributed by atoms with van der Waals surface area (Å²) in [6.45, 7) is 0. The summed E-state index contributed by atoms with van der Waals surface area (Å²) in [6.07, 6.45) is 5.47. The van der Waals surface area contributed by atoms with E-state index in [2.05, 4.69) is 163 Å². The number of nitrogens with zero attached hydrogens (tertiary/aromatic N) is 5. The highest BCUT2D eigenvalue weighted by molar-refractivity contribution is 6.26. The summed E-state index contributed by atoms with van der Waals surface area (Å²) < 4.78 is 0. The molecule has 286 valence electrons. The average Bonchev–Trinajstić information content (AvgIpc) is 3.35. The summed E-state index contributed by atoms with van der Waals surface area (Å²) in [6, 6.07) is 65.1. The van der Waals surface area contributed by atoms with Crippen molar-refractivity contribution in [3.63, 3.8) is 0 Å². The van der Waals surface area contributed by atoms with E-state index in [0.29, 0.717) is 23.2 Å². The van der Waals surface area contributed by atoms with Crippen LogP contribution >= 0.6 is 0 Å². The van der Waals surface area contributed by atoms with Gasteiger partial charge in [-0.1, -0.05) is 170 Å². The molecule has 0 amide bonds. The average molecular weight is 788 g/mol. The molecule has 0 aliphatic rings. The normalized spacial score (nSPS) is 11.9. The molecule has 0 radical (unpaired) electrons. The minimum atomic E-state index is 0.509. The first-order chi connectivity index (χ1) is 30.7. The van der Waals surface area contributed by atoms with Crippen LogP contribution < -0.4 is 0 Å². The summed E-state index contributed by atoms with van der Waals surface area (Å²) in [5.41, 5.74) is 9.09. The maximum absolute atomic E-state index is 5.12. The van der Waals surface area contributed by atoms with E-state index in [0.717, 1.165) is 33.4 Å². The first kappa shape index (κ1) is 34.5. The van der Waals surface area contributed by atoms with E-state index in [-0.39, 0.29) is 0 Å². The zero-order valence-corrected chi connectivity index (χ0v) is 33.3. The minimum absolute atomic E-state index is 0.509. The fourth-order valence-electron chi connectivity index (χ4n) is 9.55. The highest BCUT2D eigenvalue weighted by Gasteiger charge is 2.17. The van der Waals surface area contributed by atoms with E-state index in [1.807, 2.05) is 36.7 Å². The van der Waals surface area contributed by atoms with Gasteiger partial charge in [0.05, 0.1) is 0 Å². The van der Waals surface area contributed by atoms with Gasteiger partial charge in [0.25, 0.3) is 0 Å². The van der Waals surface area contributed by atoms with Gasteiger partial charge >= 0.3 is 0 Å². The van der Waals surface area contributed by atoms with Crippen molar-refractivity contribution in [2.24, 2.45) is 0 Å². The Labute approximate surface area is 356 Å². The number of hydrogen-bond acceptors (Lipinski definition) is 5. The van der Waals surface area contributed by atoms with Gasteiger partial charge in [0.1, 0.15) is 5.69 Å². The van der Waals surface area contributed by atoms with Crippen molar-refractivity contribution in [2.45, 2.75) is 0 Å². The van der Waals surface area contributed by atoms with E-state index < -0.39 is 0 Å². The van der Waals surface area contributed by atoms with Gasteiger partial charge in [-0.3, -0.25) is 9.97 Å². The quantitative estimate of drug-likeness (QED) is 0.157. The predicted octanol–water partition coefficient (Wildman–Crippen LogP) is 14.5. The predicted molar refractivity (Wildman–Crippen MR) is 255 cm³/mol. The molecule has 0 aliphatic heterocycles. The molecule has 0 atom stereocenters. The van der Waals surface area contributed by atoms with Crippen LogP contribution in [0.4, 0.5) is 0 Å². The molecule has 10 aromatic carbocycles. The molecule has 0 unspecified atom stereocenters. The van der Waals surface area contributed by atoms with Crippen LogP contribution in [0.3, 0.4) is 0 Å². The summed E-state index contributed by atoms with van der Waals surface area (Å²) in [5, 5.41) is 15.3. The summed E-state index contributed by atoms with van der Waals surface area (Å²) in [5.74, 6) is 1.68. The van der Waals surface area contributed by atoms with Gasteiger partial charge in [0, 0.05) is 40.8 Å². The molecule has 13 rings (SSSR count). The van der Waals surface area contributed by atoms with Gasteiger partial charge in [-0.05, 0) is 99.0 Å². The first-order valence-electron chi connectivity index (χ1n) is 20.9. The molecule has 0 saturated carbocycles. The van der Waals surface area contributed by atoms with Gasteiger partial charge < -0.3 is 0 Å². The summed E-state index contributed by atoms with van der Waals surface area (Å²) in [4.78, 5) is 24.4. The number of pyridine rings is 2. The molecule has 62 heavy (non-hydrogen) atoms. The molecule has 0 spiro atoms. The molecule has 0 aliphatic carbocycles. The number of rotatable bonds is 6. The van der Waals surface area contributed by atoms with Crippen LogP contribution in [0.25, 0.3) is 132 Å². The van der Waals surface area contributed by atoms with Crippen molar-refractivity contribution < 1.29 is 0 Å². The van der Waals surface area contributed by atoms with Crippen molar-refractivity contribution in [2.75, 3.05) is 0 Å². The van der Waals surface area contributed by atoms with E-state index in [4.69, 9.17) is 19.9 Å². The molecule has 0 N–H and O–H groups in total. The molecular formula is C57H33N5. The van der Waals surface area contributed by atoms with Gasteiger partial charge in [0.15, 0.2) is 17.5 Å². The third-order valence-corrected chi connectivity index (χ3v) is 12.6. The van der Waals surface area contributed by atoms with Crippen LogP contribution in [0.15, 0.2) is 201 Å². The zero-order chi connectivity index (χ0) is 40.7. The van der Waals surface area contributed by atoms with Crippen molar-refractivity contribution in [1.29, 1.82) is 0 Å². The highest BCUT2D eigenvalue weighted by atomic mass is 15.0. The second kappa shape index (κ2) is 13.6. The Morgan fingerprint density at radius 1 is 0.274 bits per heavy atom. The molecular weight excluding hydrogens is 755 g/mol. The van der Waals surface area contributed by atoms with E-state index in [1.165, 1.54) is 75.8 Å². The molecule has 0 bridgehead atoms. The Kier molecular flexibility index (Phi) is 7.54. The molecule has 3 heterocycles. The highest BCUT2D eigenvalue weighted by Crippen LogP contribution is 2.41. The monoisotopic (exact) mass is 787 g/mol.